The van der Waals surface area contributed by atoms with Crippen molar-refractivity contribution in [3.63, 3.8) is 0 Å². The summed E-state index contributed by atoms with van der Waals surface area (Å²) in [6, 6.07) is 6.19. The molecule has 1 saturated heterocycles. The van der Waals surface area contributed by atoms with Crippen LogP contribution in [0.1, 0.15) is 31.7 Å². The molecule has 2 fully saturated rings. The van der Waals surface area contributed by atoms with Crippen LogP contribution in [0, 0.1) is 5.92 Å². The molecule has 1 aromatic carbocycles. The van der Waals surface area contributed by atoms with E-state index in [1.807, 2.05) is 17.0 Å². The topological polar surface area (TPSA) is 49.4 Å². The fraction of sp³-hybridized carbons (Fsp3) is 0.500. The second-order valence-corrected chi connectivity index (χ2v) is 7.41. The number of nitrogens with one attached hydrogen (secondary N) is 1. The summed E-state index contributed by atoms with van der Waals surface area (Å²) in [6.45, 7) is 1.53. The van der Waals surface area contributed by atoms with E-state index in [1.54, 1.807) is 0 Å². The van der Waals surface area contributed by atoms with E-state index in [9.17, 15) is 9.59 Å². The number of nitrogens with zero attached hydrogens (tertiary/aromatic N) is 1. The van der Waals surface area contributed by atoms with Crippen molar-refractivity contribution in [3.8, 4) is 0 Å². The maximum atomic E-state index is 12.8. The second kappa shape index (κ2) is 4.32. The largest absolute Gasteiger partial charge is 0.353 e. The van der Waals surface area contributed by atoms with E-state index in [0.717, 1.165) is 35.8 Å². The summed E-state index contributed by atoms with van der Waals surface area (Å²) in [7, 11) is 0. The predicted molar refractivity (Wildman–Crippen MR) is 83.0 cm³/mol. The van der Waals surface area contributed by atoms with Gasteiger partial charge in [0, 0.05) is 23.1 Å². The fourth-order valence-electron chi connectivity index (χ4n) is 4.47. The Hall–Kier alpha value is -1.36. The van der Waals surface area contributed by atoms with Crippen LogP contribution in [-0.2, 0) is 16.0 Å². The zero-order valence-corrected chi connectivity index (χ0v) is 13.4. The van der Waals surface area contributed by atoms with E-state index in [-0.39, 0.29) is 29.3 Å². The van der Waals surface area contributed by atoms with Gasteiger partial charge in [-0.25, -0.2) is 0 Å². The number of hydrogen-bond donors (Lipinski definition) is 1. The standard InChI is InChI=1S/C16H17BrN2O2/c1-9(20)18-13-8-16-5-4-10-6-11(17)2-3-14(10)19(16)15(21)12(13)7-16/h2-3,6,12-13H,4-5,7-8H2,1H3,(H,18,20)/t12-,13-,16+/m1/s1. The number of anilines is 1. The summed E-state index contributed by atoms with van der Waals surface area (Å²) < 4.78 is 1.06. The van der Waals surface area contributed by atoms with Crippen molar-refractivity contribution in [2.75, 3.05) is 4.90 Å². The van der Waals surface area contributed by atoms with Gasteiger partial charge in [-0.2, -0.15) is 0 Å². The fourth-order valence-corrected chi connectivity index (χ4v) is 4.88. The number of benzene rings is 1. The minimum Gasteiger partial charge on any atom is -0.353 e. The zero-order chi connectivity index (χ0) is 14.8. The molecule has 1 aliphatic carbocycles. The average molecular weight is 349 g/mol. The molecule has 4 rings (SSSR count). The summed E-state index contributed by atoms with van der Waals surface area (Å²) in [5.74, 6) is 0.0928. The molecular weight excluding hydrogens is 332 g/mol. The molecule has 1 saturated carbocycles. The van der Waals surface area contributed by atoms with Crippen molar-refractivity contribution < 1.29 is 9.59 Å². The highest BCUT2D eigenvalue weighted by molar-refractivity contribution is 9.10. The quantitative estimate of drug-likeness (QED) is 0.847. The van der Waals surface area contributed by atoms with Crippen LogP contribution >= 0.6 is 15.9 Å². The highest BCUT2D eigenvalue weighted by Gasteiger charge is 2.61. The molecule has 0 unspecified atom stereocenters. The first-order valence-electron chi connectivity index (χ1n) is 7.40. The zero-order valence-electron chi connectivity index (χ0n) is 11.9. The van der Waals surface area contributed by atoms with Gasteiger partial charge in [-0.1, -0.05) is 15.9 Å². The average Bonchev–Trinajstić information content (AvgIpc) is 2.90. The molecule has 3 atom stereocenters. The first kappa shape index (κ1) is 13.3. The second-order valence-electron chi connectivity index (χ2n) is 6.49. The first-order chi connectivity index (χ1) is 10.00. The van der Waals surface area contributed by atoms with Crippen LogP contribution in [0.5, 0.6) is 0 Å². The van der Waals surface area contributed by atoms with E-state index in [2.05, 4.69) is 27.3 Å². The van der Waals surface area contributed by atoms with Crippen molar-refractivity contribution in [2.45, 2.75) is 44.2 Å². The van der Waals surface area contributed by atoms with Crippen LogP contribution in [-0.4, -0.2) is 23.4 Å². The Labute approximate surface area is 132 Å². The Kier molecular flexibility index (Phi) is 2.74. The molecule has 2 aliphatic heterocycles. The van der Waals surface area contributed by atoms with Crippen molar-refractivity contribution >= 4 is 33.4 Å². The Balaban J connectivity index is 1.73. The predicted octanol–water partition coefficient (Wildman–Crippen LogP) is 2.40. The third-order valence-electron chi connectivity index (χ3n) is 5.23. The lowest BCUT2D eigenvalue weighted by Crippen LogP contribution is -2.56. The van der Waals surface area contributed by atoms with Gasteiger partial charge in [0.1, 0.15) is 0 Å². The molecule has 1 aromatic rings. The Morgan fingerprint density at radius 2 is 2.24 bits per heavy atom. The molecule has 0 aromatic heterocycles. The maximum absolute atomic E-state index is 12.8. The molecule has 3 aliphatic rings. The van der Waals surface area contributed by atoms with Crippen LogP contribution in [0.3, 0.4) is 0 Å². The molecule has 21 heavy (non-hydrogen) atoms. The molecule has 110 valence electrons. The summed E-state index contributed by atoms with van der Waals surface area (Å²) in [5, 5.41) is 2.97. The molecule has 1 spiro atoms. The van der Waals surface area contributed by atoms with E-state index in [4.69, 9.17) is 0 Å². The number of amides is 2. The van der Waals surface area contributed by atoms with Crippen LogP contribution < -0.4 is 10.2 Å². The number of fused-ring (bicyclic) bond motifs is 3. The van der Waals surface area contributed by atoms with Crippen LogP contribution in [0.25, 0.3) is 0 Å². The van der Waals surface area contributed by atoms with Crippen molar-refractivity contribution in [1.29, 1.82) is 0 Å². The molecule has 2 heterocycles. The summed E-state index contributed by atoms with van der Waals surface area (Å²) in [4.78, 5) is 26.2. The molecule has 1 N–H and O–H groups in total. The number of rotatable bonds is 1. The molecule has 2 amide bonds. The van der Waals surface area contributed by atoms with Gasteiger partial charge in [0.05, 0.1) is 11.5 Å². The van der Waals surface area contributed by atoms with Gasteiger partial charge in [0.15, 0.2) is 0 Å². The summed E-state index contributed by atoms with van der Waals surface area (Å²) >= 11 is 3.50. The van der Waals surface area contributed by atoms with Gasteiger partial charge in [0.25, 0.3) is 0 Å². The number of piperidine rings is 1. The molecule has 5 heteroatoms. The third kappa shape index (κ3) is 1.79. The lowest BCUT2D eigenvalue weighted by molar-refractivity contribution is -0.124. The first-order valence-corrected chi connectivity index (χ1v) is 8.19. The van der Waals surface area contributed by atoms with Crippen molar-refractivity contribution in [3.05, 3.63) is 28.2 Å². The highest BCUT2D eigenvalue weighted by atomic mass is 79.9. The Morgan fingerprint density at radius 1 is 1.43 bits per heavy atom. The van der Waals surface area contributed by atoms with Crippen LogP contribution in [0.2, 0.25) is 0 Å². The highest BCUT2D eigenvalue weighted by Crippen LogP contribution is 2.54. The van der Waals surface area contributed by atoms with Gasteiger partial charge in [-0.05, 0) is 49.4 Å². The van der Waals surface area contributed by atoms with E-state index in [1.165, 1.54) is 12.5 Å². The van der Waals surface area contributed by atoms with E-state index < -0.39 is 0 Å². The SMILES string of the molecule is CC(=O)N[C@@H]1C[C@@]23CCc4cc(Br)ccc4N2C(=O)[C@@H]1C3. The molecule has 0 radical (unpaired) electrons. The van der Waals surface area contributed by atoms with Crippen LogP contribution in [0.15, 0.2) is 22.7 Å². The maximum Gasteiger partial charge on any atom is 0.232 e. The Morgan fingerprint density at radius 3 is 3.00 bits per heavy atom. The van der Waals surface area contributed by atoms with Crippen LogP contribution in [0.4, 0.5) is 5.69 Å². The number of aryl methyl sites for hydroxylation is 1. The van der Waals surface area contributed by atoms with Gasteiger partial charge in [0.2, 0.25) is 11.8 Å². The van der Waals surface area contributed by atoms with Crippen molar-refractivity contribution in [2.24, 2.45) is 5.92 Å². The monoisotopic (exact) mass is 348 g/mol. The lowest BCUT2D eigenvalue weighted by Gasteiger charge is -2.45. The number of hydrogen-bond acceptors (Lipinski definition) is 2. The number of carbonyl (C=O) groups excluding carboxylic acids is 2. The minimum atomic E-state index is -0.0737. The minimum absolute atomic E-state index is 0.0169. The van der Waals surface area contributed by atoms with Gasteiger partial charge >= 0.3 is 0 Å². The van der Waals surface area contributed by atoms with E-state index >= 15 is 0 Å². The molecule has 2 bridgehead atoms. The lowest BCUT2D eigenvalue weighted by atomic mass is 9.83. The van der Waals surface area contributed by atoms with Gasteiger partial charge in [-0.3, -0.25) is 9.59 Å². The van der Waals surface area contributed by atoms with Crippen molar-refractivity contribution in [1.82, 2.24) is 5.32 Å². The van der Waals surface area contributed by atoms with Gasteiger partial charge in [-0.15, -0.1) is 0 Å². The van der Waals surface area contributed by atoms with E-state index in [0.29, 0.717) is 0 Å². The normalized spacial score (nSPS) is 32.9. The number of carbonyl (C=O) groups is 2. The number of halogens is 1. The Bertz CT molecular complexity index is 660. The molecular formula is C16H17BrN2O2. The summed E-state index contributed by atoms with van der Waals surface area (Å²) in [6.07, 6.45) is 3.76. The smallest absolute Gasteiger partial charge is 0.232 e. The summed E-state index contributed by atoms with van der Waals surface area (Å²) in [5.41, 5.74) is 2.24. The van der Waals surface area contributed by atoms with Gasteiger partial charge < -0.3 is 10.2 Å². The third-order valence-corrected chi connectivity index (χ3v) is 5.72. The molecule has 4 nitrogen and oxygen atoms in total.